The number of aliphatic hydroxyl groups excluding tert-OH is 3. The number of allylic oxidation sites excluding steroid dienone is 1. The van der Waals surface area contributed by atoms with Crippen LogP contribution in [0.4, 0.5) is 0 Å². The molecule has 10 heteroatoms. The molecular weight excluding hydrogens is 614 g/mol. The van der Waals surface area contributed by atoms with E-state index < -0.39 is 41.9 Å². The van der Waals surface area contributed by atoms with Crippen molar-refractivity contribution in [2.24, 2.45) is 56.7 Å². The van der Waals surface area contributed by atoms with Gasteiger partial charge in [0.1, 0.15) is 31.0 Å². The number of rotatable bonds is 7. The molecule has 48 heavy (non-hydrogen) atoms. The molecule has 14 atom stereocenters. The van der Waals surface area contributed by atoms with Crippen molar-refractivity contribution in [2.75, 3.05) is 20.3 Å². The van der Waals surface area contributed by atoms with Gasteiger partial charge in [0.15, 0.2) is 6.23 Å². The van der Waals surface area contributed by atoms with Crippen molar-refractivity contribution in [1.29, 1.82) is 0 Å². The largest absolute Gasteiger partial charge is 0.481 e. The zero-order valence-corrected chi connectivity index (χ0v) is 30.2. The van der Waals surface area contributed by atoms with E-state index in [0.29, 0.717) is 17.8 Å². The number of nitrogens with zero attached hydrogens (tertiary/aromatic N) is 1. The van der Waals surface area contributed by atoms with Gasteiger partial charge in [-0.1, -0.05) is 46.8 Å². The average Bonchev–Trinajstić information content (AvgIpc) is 3.42. The number of fused-ring (bicyclic) bond motifs is 7. The van der Waals surface area contributed by atoms with E-state index in [1.807, 2.05) is 0 Å². The van der Waals surface area contributed by atoms with Gasteiger partial charge in [-0.05, 0) is 117 Å². The van der Waals surface area contributed by atoms with Gasteiger partial charge in [-0.25, -0.2) is 0 Å². The summed E-state index contributed by atoms with van der Waals surface area (Å²) in [5, 5.41) is 42.3. The van der Waals surface area contributed by atoms with E-state index in [-0.39, 0.29) is 52.8 Å². The Morgan fingerprint density at radius 1 is 0.875 bits per heavy atom. The maximum Gasteiger partial charge on any atom is 0.323 e. The summed E-state index contributed by atoms with van der Waals surface area (Å²) in [6.45, 7) is 18.0. The zero-order valence-electron chi connectivity index (χ0n) is 30.2. The van der Waals surface area contributed by atoms with E-state index in [9.17, 15) is 30.0 Å². The van der Waals surface area contributed by atoms with Crippen LogP contribution >= 0.6 is 0 Å². The highest BCUT2D eigenvalue weighted by Crippen LogP contribution is 2.77. The van der Waals surface area contributed by atoms with E-state index in [1.54, 1.807) is 0 Å². The third-order valence-electron chi connectivity index (χ3n) is 16.0. The van der Waals surface area contributed by atoms with Crippen LogP contribution in [0.15, 0.2) is 12.2 Å². The summed E-state index contributed by atoms with van der Waals surface area (Å²) >= 11 is 0. The Morgan fingerprint density at radius 3 is 2.23 bits per heavy atom. The molecule has 6 aliphatic rings. The number of carbonyl (C=O) groups excluding carboxylic acids is 1. The third kappa shape index (κ3) is 5.08. The first kappa shape index (κ1) is 36.2. The number of carboxylic acids is 1. The maximum atomic E-state index is 13.4. The summed E-state index contributed by atoms with van der Waals surface area (Å²) in [7, 11) is 1.37. The second kappa shape index (κ2) is 12.3. The van der Waals surface area contributed by atoms with Crippen molar-refractivity contribution in [3.8, 4) is 0 Å². The molecular formula is C38H61NO9. The Morgan fingerprint density at radius 2 is 1.58 bits per heavy atom. The van der Waals surface area contributed by atoms with Gasteiger partial charge >= 0.3 is 11.9 Å². The minimum absolute atomic E-state index is 0.0536. The van der Waals surface area contributed by atoms with Crippen LogP contribution in [0.25, 0.3) is 0 Å². The van der Waals surface area contributed by atoms with Gasteiger partial charge in [0.05, 0.1) is 19.1 Å². The van der Waals surface area contributed by atoms with E-state index in [2.05, 4.69) is 48.1 Å². The molecule has 5 aliphatic carbocycles. The molecule has 5 saturated carbocycles. The van der Waals surface area contributed by atoms with Crippen molar-refractivity contribution < 1.29 is 44.3 Å². The van der Waals surface area contributed by atoms with Crippen molar-refractivity contribution in [2.45, 2.75) is 136 Å². The van der Waals surface area contributed by atoms with E-state index in [0.717, 1.165) is 69.8 Å². The lowest BCUT2D eigenvalue weighted by atomic mass is 9.32. The number of carboxylic acid groups (broad SMARTS) is 1. The summed E-state index contributed by atoms with van der Waals surface area (Å²) in [6.07, 6.45) is 3.94. The number of ether oxygens (including phenoxy) is 2. The monoisotopic (exact) mass is 675 g/mol. The first-order valence-electron chi connectivity index (χ1n) is 18.4. The predicted molar refractivity (Wildman–Crippen MR) is 178 cm³/mol. The normalized spacial score (nSPS) is 49.6. The maximum absolute atomic E-state index is 13.4. The molecule has 1 saturated heterocycles. The fourth-order valence-corrected chi connectivity index (χ4v) is 13.3. The van der Waals surface area contributed by atoms with Crippen molar-refractivity contribution in [3.63, 3.8) is 0 Å². The first-order valence-corrected chi connectivity index (χ1v) is 18.4. The molecule has 6 fully saturated rings. The Balaban J connectivity index is 1.20. The van der Waals surface area contributed by atoms with Crippen LogP contribution in [-0.2, 0) is 23.9 Å². The molecule has 6 rings (SSSR count). The molecule has 0 spiro atoms. The van der Waals surface area contributed by atoms with Crippen LogP contribution < -0.4 is 0 Å². The minimum Gasteiger partial charge on any atom is -0.481 e. The Hall–Kier alpha value is -1.56. The Bertz CT molecular complexity index is 1290. The lowest BCUT2D eigenvalue weighted by molar-refractivity contribution is -0.305. The lowest BCUT2D eigenvalue weighted by Gasteiger charge is -2.72. The summed E-state index contributed by atoms with van der Waals surface area (Å²) < 4.78 is 11.7. The SMILES string of the molecule is C=C(C)[C@@H]1CC[C@]2(C(=O)O)CC[C@]3(C)C(CCC4[C@@]5(C)CC[C@H](OC(=O)CN(OC)[C@@H]6OC[C@@H](O)[C@H](O)[C@@H]6O)C(C)(C)C5CC[C@]43C)C12. The van der Waals surface area contributed by atoms with Crippen molar-refractivity contribution >= 4 is 11.9 Å². The van der Waals surface area contributed by atoms with Crippen LogP contribution in [0.2, 0.25) is 0 Å². The minimum atomic E-state index is -1.45. The number of aliphatic hydroxyl groups is 3. The highest BCUT2D eigenvalue weighted by Gasteiger charge is 2.72. The molecule has 0 amide bonds. The second-order valence-electron chi connectivity index (χ2n) is 18.0. The Kier molecular flexibility index (Phi) is 9.28. The van der Waals surface area contributed by atoms with Gasteiger partial charge in [0.25, 0.3) is 0 Å². The molecule has 4 N–H and O–H groups in total. The number of hydroxylamine groups is 2. The molecule has 0 aromatic rings. The third-order valence-corrected chi connectivity index (χ3v) is 16.0. The van der Waals surface area contributed by atoms with E-state index >= 15 is 0 Å². The molecule has 0 aromatic heterocycles. The van der Waals surface area contributed by atoms with Gasteiger partial charge in [-0.2, -0.15) is 0 Å². The molecule has 0 bridgehead atoms. The van der Waals surface area contributed by atoms with Gasteiger partial charge in [-0.3, -0.25) is 14.4 Å². The average molecular weight is 676 g/mol. The quantitative estimate of drug-likeness (QED) is 0.166. The fourth-order valence-electron chi connectivity index (χ4n) is 13.3. The van der Waals surface area contributed by atoms with Crippen molar-refractivity contribution in [1.82, 2.24) is 5.06 Å². The summed E-state index contributed by atoms with van der Waals surface area (Å²) in [5.74, 6) is 0.572. The smallest absolute Gasteiger partial charge is 0.323 e. The van der Waals surface area contributed by atoms with Gasteiger partial charge in [0.2, 0.25) is 0 Å². The van der Waals surface area contributed by atoms with Gasteiger partial charge in [-0.15, -0.1) is 5.06 Å². The van der Waals surface area contributed by atoms with Crippen LogP contribution in [0.5, 0.6) is 0 Å². The molecule has 0 radical (unpaired) electrons. The molecule has 1 heterocycles. The number of hydrogen-bond donors (Lipinski definition) is 4. The molecule has 0 aromatic carbocycles. The molecule has 1 aliphatic heterocycles. The molecule has 272 valence electrons. The van der Waals surface area contributed by atoms with Crippen LogP contribution in [-0.4, -0.2) is 88.3 Å². The number of esters is 1. The van der Waals surface area contributed by atoms with Gasteiger partial charge < -0.3 is 29.9 Å². The van der Waals surface area contributed by atoms with E-state index in [1.165, 1.54) is 12.2 Å². The highest BCUT2D eigenvalue weighted by atomic mass is 16.7. The number of hydrogen-bond acceptors (Lipinski definition) is 9. The summed E-state index contributed by atoms with van der Waals surface area (Å²) in [6, 6.07) is 0. The second-order valence-corrected chi connectivity index (χ2v) is 18.0. The summed E-state index contributed by atoms with van der Waals surface area (Å²) in [5.41, 5.74) is 0.458. The number of aliphatic carboxylic acids is 1. The molecule has 4 unspecified atom stereocenters. The highest BCUT2D eigenvalue weighted by molar-refractivity contribution is 5.76. The lowest BCUT2D eigenvalue weighted by Crippen LogP contribution is -2.67. The van der Waals surface area contributed by atoms with Crippen LogP contribution in [0, 0.1) is 56.7 Å². The predicted octanol–water partition coefficient (Wildman–Crippen LogP) is 4.94. The fraction of sp³-hybridized carbons (Fsp3) is 0.895. The first-order chi connectivity index (χ1) is 22.4. The van der Waals surface area contributed by atoms with E-state index in [4.69, 9.17) is 14.3 Å². The standard InChI is InChI=1S/C38H61NO9/c1-21(2)22-11-16-38(33(44)45)18-17-36(6)23(29(22)38)9-10-26-35(5)14-13-27(34(3,4)25(35)12-15-37(26,36)7)48-28(41)19-39(46-8)32-31(43)30(42)24(40)20-47-32/h22-27,29-32,40,42-43H,1,9-20H2,2-8H3,(H,44,45)/t22-,23?,24+,25?,26?,27-,29?,30-,31-,32+,35-,36+,37+,38-/m0/s1. The van der Waals surface area contributed by atoms with Crippen LogP contribution in [0.3, 0.4) is 0 Å². The Labute approximate surface area is 286 Å². The van der Waals surface area contributed by atoms with Gasteiger partial charge in [0, 0.05) is 5.41 Å². The van der Waals surface area contributed by atoms with Crippen molar-refractivity contribution in [3.05, 3.63) is 12.2 Å². The topological polar surface area (TPSA) is 146 Å². The molecule has 10 nitrogen and oxygen atoms in total. The summed E-state index contributed by atoms with van der Waals surface area (Å²) in [4.78, 5) is 31.7. The number of carbonyl (C=O) groups is 2. The van der Waals surface area contributed by atoms with Crippen LogP contribution in [0.1, 0.15) is 106 Å². The zero-order chi connectivity index (χ0) is 35.2.